The fourth-order valence-corrected chi connectivity index (χ4v) is 1.02. The minimum absolute atomic E-state index is 0.0359. The summed E-state index contributed by atoms with van der Waals surface area (Å²) in [5.41, 5.74) is 0.238. The Balaban J connectivity index is 2.55. The summed E-state index contributed by atoms with van der Waals surface area (Å²) < 4.78 is 0. The van der Waals surface area contributed by atoms with Crippen molar-refractivity contribution >= 4 is 16.9 Å². The molecule has 0 aliphatic rings. The molecule has 5 heteroatoms. The highest BCUT2D eigenvalue weighted by molar-refractivity contribution is 8.13. The van der Waals surface area contributed by atoms with Gasteiger partial charge in [0.25, 0.3) is 5.56 Å². The average Bonchev–Trinajstić information content (AvgIpc) is 2.15. The van der Waals surface area contributed by atoms with Gasteiger partial charge in [-0.05, 0) is 5.92 Å². The molecule has 0 atom stereocenters. The first kappa shape index (κ1) is 10.5. The Morgan fingerprint density at radius 1 is 1.71 bits per heavy atom. The van der Waals surface area contributed by atoms with Gasteiger partial charge >= 0.3 is 0 Å². The molecule has 0 spiro atoms. The first-order valence-corrected chi connectivity index (χ1v) is 4.84. The van der Waals surface area contributed by atoms with Crippen LogP contribution < -0.4 is 5.56 Å². The van der Waals surface area contributed by atoms with Gasteiger partial charge in [0.1, 0.15) is 5.69 Å². The Morgan fingerprint density at radius 2 is 2.50 bits per heavy atom. The van der Waals surface area contributed by atoms with Gasteiger partial charge in [-0.2, -0.15) is 0 Å². The predicted octanol–water partition coefficient (Wildman–Crippen LogP) is 0.401. The van der Waals surface area contributed by atoms with Crippen LogP contribution in [0, 0.1) is 11.8 Å². The number of nitrogens with zero attached hydrogens (tertiary/aromatic N) is 1. The molecule has 4 nitrogen and oxygen atoms in total. The maximum absolute atomic E-state index is 10.6. The van der Waals surface area contributed by atoms with E-state index >= 15 is 0 Å². The quantitative estimate of drug-likeness (QED) is 0.679. The molecule has 0 aromatic carbocycles. The molecular weight excluding hydrogens is 200 g/mol. The molecule has 1 aromatic rings. The minimum atomic E-state index is -0.256. The Morgan fingerprint density at radius 3 is 3.07 bits per heavy atom. The zero-order valence-electron chi connectivity index (χ0n) is 7.53. The fraction of sp³-hybridized carbons (Fsp3) is 0.222. The summed E-state index contributed by atoms with van der Waals surface area (Å²) in [6.07, 6.45) is 2.61. The molecule has 0 aliphatic heterocycles. The number of carbonyl (C=O) groups excluding carboxylic acids is 1. The van der Waals surface area contributed by atoms with Crippen molar-refractivity contribution in [1.82, 2.24) is 9.97 Å². The van der Waals surface area contributed by atoms with E-state index in [1.54, 1.807) is 0 Å². The number of hydrogen-bond donors (Lipinski definition) is 1. The highest BCUT2D eigenvalue weighted by atomic mass is 32.2. The van der Waals surface area contributed by atoms with Crippen molar-refractivity contribution in [3.05, 3.63) is 28.4 Å². The molecule has 0 fully saturated rings. The van der Waals surface area contributed by atoms with E-state index in [0.717, 1.165) is 11.8 Å². The Labute approximate surface area is 85.1 Å². The fourth-order valence-electron chi connectivity index (χ4n) is 0.675. The van der Waals surface area contributed by atoms with Gasteiger partial charge in [0.05, 0.1) is 11.9 Å². The third-order valence-corrected chi connectivity index (χ3v) is 1.93. The predicted molar refractivity (Wildman–Crippen MR) is 54.9 cm³/mol. The molecule has 14 heavy (non-hydrogen) atoms. The standard InChI is InChI=1S/C9H8N2O2S/c1-7(12)14-4-2-3-8-5-11-9(13)6-10-8/h5-6H,4H2,1H3,(H,11,13). The average molecular weight is 208 g/mol. The van der Waals surface area contributed by atoms with Crippen molar-refractivity contribution in [2.75, 3.05) is 5.75 Å². The third kappa shape index (κ3) is 3.92. The van der Waals surface area contributed by atoms with Crippen molar-refractivity contribution in [2.45, 2.75) is 6.92 Å². The third-order valence-electron chi connectivity index (χ3n) is 1.24. The lowest BCUT2D eigenvalue weighted by atomic mass is 10.4. The van der Waals surface area contributed by atoms with Crippen LogP contribution in [0.25, 0.3) is 0 Å². The number of thioether (sulfide) groups is 1. The Hall–Kier alpha value is -1.54. The number of H-pyrrole nitrogens is 1. The summed E-state index contributed by atoms with van der Waals surface area (Å²) in [5, 5.41) is 0.0359. The molecule has 0 saturated carbocycles. The summed E-state index contributed by atoms with van der Waals surface area (Å²) in [7, 11) is 0. The molecule has 0 saturated heterocycles. The summed E-state index contributed by atoms with van der Waals surface area (Å²) in [6.45, 7) is 1.49. The van der Waals surface area contributed by atoms with Gasteiger partial charge < -0.3 is 4.98 Å². The molecule has 0 unspecified atom stereocenters. The maximum atomic E-state index is 10.6. The van der Waals surface area contributed by atoms with Crippen molar-refractivity contribution < 1.29 is 4.79 Å². The van der Waals surface area contributed by atoms with E-state index in [-0.39, 0.29) is 10.7 Å². The summed E-state index contributed by atoms with van der Waals surface area (Å²) in [4.78, 5) is 27.4. The van der Waals surface area contributed by atoms with E-state index < -0.39 is 0 Å². The van der Waals surface area contributed by atoms with Crippen molar-refractivity contribution in [2.24, 2.45) is 0 Å². The van der Waals surface area contributed by atoms with Crippen LogP contribution in [0.2, 0.25) is 0 Å². The van der Waals surface area contributed by atoms with E-state index in [9.17, 15) is 9.59 Å². The molecule has 0 bridgehead atoms. The van der Waals surface area contributed by atoms with Crippen LogP contribution in [-0.2, 0) is 4.79 Å². The second kappa shape index (κ2) is 5.25. The minimum Gasteiger partial charge on any atom is -0.325 e. The van der Waals surface area contributed by atoms with E-state index in [0.29, 0.717) is 11.4 Å². The van der Waals surface area contributed by atoms with Gasteiger partial charge in [0.2, 0.25) is 0 Å². The topological polar surface area (TPSA) is 62.8 Å². The molecule has 1 N–H and O–H groups in total. The van der Waals surface area contributed by atoms with E-state index in [1.165, 1.54) is 19.3 Å². The van der Waals surface area contributed by atoms with Gasteiger partial charge in [-0.3, -0.25) is 9.59 Å². The summed E-state index contributed by atoms with van der Waals surface area (Å²) in [6, 6.07) is 0. The second-order valence-corrected chi connectivity index (χ2v) is 3.53. The van der Waals surface area contributed by atoms with Gasteiger partial charge in [-0.15, -0.1) is 0 Å². The van der Waals surface area contributed by atoms with Gasteiger partial charge in [-0.25, -0.2) is 4.98 Å². The zero-order chi connectivity index (χ0) is 10.4. The highest BCUT2D eigenvalue weighted by Gasteiger charge is 1.89. The lowest BCUT2D eigenvalue weighted by molar-refractivity contribution is -0.109. The number of hydrogen-bond acceptors (Lipinski definition) is 4. The van der Waals surface area contributed by atoms with Crippen LogP contribution in [0.3, 0.4) is 0 Å². The Kier molecular flexibility index (Phi) is 3.95. The molecular formula is C9H8N2O2S. The van der Waals surface area contributed by atoms with Crippen LogP contribution in [-0.4, -0.2) is 20.8 Å². The first-order valence-electron chi connectivity index (χ1n) is 3.85. The molecule has 1 heterocycles. The SMILES string of the molecule is CC(=O)SCC#Cc1c[nH]c(=O)cn1. The van der Waals surface area contributed by atoms with Crippen LogP contribution in [0.1, 0.15) is 12.6 Å². The zero-order valence-corrected chi connectivity index (χ0v) is 8.35. The molecule has 0 aliphatic carbocycles. The summed E-state index contributed by atoms with van der Waals surface area (Å²) >= 11 is 1.14. The molecule has 1 rings (SSSR count). The normalized spacial score (nSPS) is 8.93. The largest absolute Gasteiger partial charge is 0.325 e. The Bertz CT molecular complexity index is 422. The van der Waals surface area contributed by atoms with E-state index in [1.807, 2.05) is 0 Å². The van der Waals surface area contributed by atoms with Crippen molar-refractivity contribution in [3.63, 3.8) is 0 Å². The number of rotatable bonds is 1. The molecule has 72 valence electrons. The first-order chi connectivity index (χ1) is 6.68. The van der Waals surface area contributed by atoms with Gasteiger partial charge in [-0.1, -0.05) is 17.7 Å². The number of nitrogens with one attached hydrogen (secondary N) is 1. The number of aromatic nitrogens is 2. The summed E-state index contributed by atoms with van der Waals surface area (Å²) in [5.74, 6) is 5.92. The lowest BCUT2D eigenvalue weighted by Gasteiger charge is -1.86. The number of aromatic amines is 1. The highest BCUT2D eigenvalue weighted by Crippen LogP contribution is 1.98. The molecule has 1 aromatic heterocycles. The smallest absolute Gasteiger partial charge is 0.266 e. The number of carbonyl (C=O) groups is 1. The maximum Gasteiger partial charge on any atom is 0.266 e. The van der Waals surface area contributed by atoms with E-state index in [4.69, 9.17) is 0 Å². The second-order valence-electron chi connectivity index (χ2n) is 2.38. The van der Waals surface area contributed by atoms with Crippen LogP contribution in [0.4, 0.5) is 0 Å². The van der Waals surface area contributed by atoms with Crippen molar-refractivity contribution in [1.29, 1.82) is 0 Å². The van der Waals surface area contributed by atoms with E-state index in [2.05, 4.69) is 21.8 Å². The van der Waals surface area contributed by atoms with Gasteiger partial charge in [0, 0.05) is 13.1 Å². The lowest BCUT2D eigenvalue weighted by Crippen LogP contribution is -2.04. The molecule has 0 amide bonds. The molecule has 0 radical (unpaired) electrons. The van der Waals surface area contributed by atoms with Crippen molar-refractivity contribution in [3.8, 4) is 11.8 Å². The van der Waals surface area contributed by atoms with Gasteiger partial charge in [0.15, 0.2) is 5.12 Å². The monoisotopic (exact) mass is 208 g/mol. The van der Waals surface area contributed by atoms with Crippen LogP contribution in [0.15, 0.2) is 17.2 Å². The van der Waals surface area contributed by atoms with Crippen LogP contribution >= 0.6 is 11.8 Å². The van der Waals surface area contributed by atoms with Crippen LogP contribution in [0.5, 0.6) is 0 Å².